The Hall–Kier alpha value is -3.23. The van der Waals surface area contributed by atoms with E-state index in [2.05, 4.69) is 23.8 Å². The molecule has 0 spiro atoms. The first kappa shape index (κ1) is 25.9. The molecule has 2 aromatic carbocycles. The molecule has 0 aliphatic carbocycles. The second-order valence-corrected chi connectivity index (χ2v) is 9.80. The highest BCUT2D eigenvalue weighted by Crippen LogP contribution is 2.37. The van der Waals surface area contributed by atoms with Gasteiger partial charge in [-0.15, -0.1) is 5.10 Å². The highest BCUT2D eigenvalue weighted by molar-refractivity contribution is 7.99. The molecule has 0 bridgehead atoms. The summed E-state index contributed by atoms with van der Waals surface area (Å²) < 4.78 is 13.1. The lowest BCUT2D eigenvalue weighted by Crippen LogP contribution is -2.29. The maximum Gasteiger partial charge on any atom is 0.338 e. The Morgan fingerprint density at radius 3 is 2.67 bits per heavy atom. The van der Waals surface area contributed by atoms with Crippen LogP contribution in [-0.2, 0) is 16.1 Å². The van der Waals surface area contributed by atoms with Gasteiger partial charge in [-0.1, -0.05) is 73.6 Å². The van der Waals surface area contributed by atoms with E-state index in [0.717, 1.165) is 29.7 Å². The van der Waals surface area contributed by atoms with Crippen molar-refractivity contribution >= 4 is 35.3 Å². The number of nitrogens with zero attached hydrogens (tertiary/aromatic N) is 3. The maximum absolute atomic E-state index is 13.1. The number of carbonyl (C=O) groups is 1. The predicted octanol–water partition coefficient (Wildman–Crippen LogP) is 6.42. The predicted molar refractivity (Wildman–Crippen MR) is 143 cm³/mol. The van der Waals surface area contributed by atoms with Gasteiger partial charge in [0.2, 0.25) is 11.1 Å². The molecule has 36 heavy (non-hydrogen) atoms. The second-order valence-electron chi connectivity index (χ2n) is 8.30. The standard InChI is InChI=1S/C27H29ClN4O3S/c1-4-6-16-36-27-30-26-29-18(3)23(25(33)34-15-5-2)24(32(26)31-27)20-9-13-22(14-10-20)35-17-19-7-11-21(28)12-8-19/h5,7-14,24H,2,4,6,15-17H2,1,3H3,(H,29,30,31). The van der Waals surface area contributed by atoms with E-state index in [0.29, 0.717) is 39.8 Å². The van der Waals surface area contributed by atoms with Gasteiger partial charge in [-0.3, -0.25) is 0 Å². The minimum absolute atomic E-state index is 0.127. The van der Waals surface area contributed by atoms with Crippen molar-refractivity contribution in [3.05, 3.63) is 88.6 Å². The van der Waals surface area contributed by atoms with Gasteiger partial charge in [-0.25, -0.2) is 9.48 Å². The summed E-state index contributed by atoms with van der Waals surface area (Å²) in [5.41, 5.74) is 3.06. The normalized spacial score (nSPS) is 14.7. The summed E-state index contributed by atoms with van der Waals surface area (Å²) in [7, 11) is 0. The molecule has 2 heterocycles. The SMILES string of the molecule is C=CCOC(=O)C1=C(C)Nc2nc(SCCCC)nn2C1c1ccc(OCc2ccc(Cl)cc2)cc1. The Bertz CT molecular complexity index is 1240. The number of carbonyl (C=O) groups excluding carboxylic acids is 1. The van der Waals surface area contributed by atoms with Gasteiger partial charge in [-0.2, -0.15) is 4.98 Å². The zero-order valence-corrected chi connectivity index (χ0v) is 21.9. The zero-order chi connectivity index (χ0) is 25.5. The summed E-state index contributed by atoms with van der Waals surface area (Å²) in [6.45, 7) is 8.20. The minimum atomic E-state index is -0.489. The Morgan fingerprint density at radius 1 is 1.22 bits per heavy atom. The van der Waals surface area contributed by atoms with Crippen molar-refractivity contribution in [2.75, 3.05) is 17.7 Å². The quantitative estimate of drug-likeness (QED) is 0.134. The summed E-state index contributed by atoms with van der Waals surface area (Å²) in [5.74, 6) is 1.83. The number of rotatable bonds is 11. The fourth-order valence-electron chi connectivity index (χ4n) is 3.78. The number of hydrogen-bond donors (Lipinski definition) is 1. The molecule has 1 aliphatic rings. The van der Waals surface area contributed by atoms with Crippen molar-refractivity contribution in [1.29, 1.82) is 0 Å². The number of nitrogens with one attached hydrogen (secondary N) is 1. The van der Waals surface area contributed by atoms with Crippen molar-refractivity contribution in [1.82, 2.24) is 14.8 Å². The van der Waals surface area contributed by atoms with E-state index in [9.17, 15) is 4.79 Å². The van der Waals surface area contributed by atoms with Crippen molar-refractivity contribution in [3.8, 4) is 5.75 Å². The molecule has 1 N–H and O–H groups in total. The Kier molecular flexibility index (Phi) is 8.72. The minimum Gasteiger partial charge on any atom is -0.489 e. The van der Waals surface area contributed by atoms with E-state index in [4.69, 9.17) is 26.2 Å². The lowest BCUT2D eigenvalue weighted by molar-refractivity contribution is -0.138. The van der Waals surface area contributed by atoms with Crippen LogP contribution < -0.4 is 10.1 Å². The van der Waals surface area contributed by atoms with Gasteiger partial charge in [0.15, 0.2) is 0 Å². The molecule has 4 rings (SSSR count). The molecule has 9 heteroatoms. The van der Waals surface area contributed by atoms with Gasteiger partial charge >= 0.3 is 5.97 Å². The number of aromatic nitrogens is 3. The smallest absolute Gasteiger partial charge is 0.338 e. The van der Waals surface area contributed by atoms with E-state index in [1.165, 1.54) is 0 Å². The molecule has 1 unspecified atom stereocenters. The lowest BCUT2D eigenvalue weighted by Gasteiger charge is -2.28. The summed E-state index contributed by atoms with van der Waals surface area (Å²) in [5, 5.41) is 9.33. The van der Waals surface area contributed by atoms with E-state index in [1.807, 2.05) is 55.5 Å². The van der Waals surface area contributed by atoms with Gasteiger partial charge in [-0.05, 0) is 48.7 Å². The Labute approximate surface area is 220 Å². The van der Waals surface area contributed by atoms with Gasteiger partial charge in [0.1, 0.15) is 25.0 Å². The molecule has 0 saturated carbocycles. The number of thioether (sulfide) groups is 1. The largest absolute Gasteiger partial charge is 0.489 e. The second kappa shape index (κ2) is 12.1. The number of ether oxygens (including phenoxy) is 2. The first-order valence-electron chi connectivity index (χ1n) is 11.8. The van der Waals surface area contributed by atoms with Crippen LogP contribution >= 0.6 is 23.4 Å². The summed E-state index contributed by atoms with van der Waals surface area (Å²) in [4.78, 5) is 17.7. The molecule has 0 fully saturated rings. The molecular formula is C27H29ClN4O3S. The first-order chi connectivity index (χ1) is 17.5. The number of benzene rings is 2. The van der Waals surface area contributed by atoms with Gasteiger partial charge in [0, 0.05) is 16.5 Å². The van der Waals surface area contributed by atoms with Gasteiger partial charge in [0.25, 0.3) is 0 Å². The number of fused-ring (bicyclic) bond motifs is 1. The summed E-state index contributed by atoms with van der Waals surface area (Å²) in [6.07, 6.45) is 3.74. The molecule has 1 atom stereocenters. The fourth-order valence-corrected chi connectivity index (χ4v) is 4.82. The lowest BCUT2D eigenvalue weighted by atomic mass is 9.96. The summed E-state index contributed by atoms with van der Waals surface area (Å²) >= 11 is 7.57. The van der Waals surface area contributed by atoms with Crippen LogP contribution in [0.15, 0.2) is 77.6 Å². The highest BCUT2D eigenvalue weighted by atomic mass is 35.5. The highest BCUT2D eigenvalue weighted by Gasteiger charge is 2.35. The number of esters is 1. The number of allylic oxidation sites excluding steroid dienone is 1. The van der Waals surface area contributed by atoms with Crippen LogP contribution in [0.2, 0.25) is 5.02 Å². The zero-order valence-electron chi connectivity index (χ0n) is 20.4. The van der Waals surface area contributed by atoms with E-state index >= 15 is 0 Å². The monoisotopic (exact) mass is 524 g/mol. The third-order valence-electron chi connectivity index (χ3n) is 5.63. The molecular weight excluding hydrogens is 496 g/mol. The Balaban J connectivity index is 1.60. The van der Waals surface area contributed by atoms with Crippen molar-refractivity contribution in [2.45, 2.75) is 44.5 Å². The molecule has 0 radical (unpaired) electrons. The first-order valence-corrected chi connectivity index (χ1v) is 13.2. The van der Waals surface area contributed by atoms with Crippen LogP contribution in [0.4, 0.5) is 5.95 Å². The van der Waals surface area contributed by atoms with Gasteiger partial charge in [0.05, 0.1) is 5.57 Å². The number of anilines is 1. The van der Waals surface area contributed by atoms with Crippen LogP contribution in [0.1, 0.15) is 43.9 Å². The van der Waals surface area contributed by atoms with Crippen molar-refractivity contribution in [2.24, 2.45) is 0 Å². The van der Waals surface area contributed by atoms with Crippen molar-refractivity contribution < 1.29 is 14.3 Å². The third kappa shape index (κ3) is 6.12. The molecule has 0 amide bonds. The van der Waals surface area contributed by atoms with Crippen LogP contribution in [0.3, 0.4) is 0 Å². The Morgan fingerprint density at radius 2 is 1.97 bits per heavy atom. The van der Waals surface area contributed by atoms with E-state index in [1.54, 1.807) is 22.5 Å². The number of halogens is 1. The molecule has 188 valence electrons. The maximum atomic E-state index is 13.1. The third-order valence-corrected chi connectivity index (χ3v) is 6.80. The van der Waals surface area contributed by atoms with Gasteiger partial charge < -0.3 is 14.8 Å². The summed E-state index contributed by atoms with van der Waals surface area (Å²) in [6, 6.07) is 14.7. The average molecular weight is 525 g/mol. The van der Waals surface area contributed by atoms with Crippen molar-refractivity contribution in [3.63, 3.8) is 0 Å². The van der Waals surface area contributed by atoms with E-state index < -0.39 is 12.0 Å². The molecule has 3 aromatic rings. The van der Waals surface area contributed by atoms with E-state index in [-0.39, 0.29) is 6.61 Å². The number of unbranched alkanes of at least 4 members (excludes halogenated alkanes) is 1. The average Bonchev–Trinajstić information content (AvgIpc) is 3.28. The van der Waals surface area contributed by atoms with Crippen LogP contribution in [-0.4, -0.2) is 33.1 Å². The van der Waals surface area contributed by atoms with Crippen LogP contribution in [0, 0.1) is 0 Å². The number of hydrogen-bond acceptors (Lipinski definition) is 7. The topological polar surface area (TPSA) is 78.3 Å². The fraction of sp³-hybridized carbons (Fsp3) is 0.296. The molecule has 0 saturated heterocycles. The molecule has 7 nitrogen and oxygen atoms in total. The van der Waals surface area contributed by atoms with Crippen LogP contribution in [0.5, 0.6) is 5.75 Å². The molecule has 1 aromatic heterocycles. The van der Waals surface area contributed by atoms with Crippen LogP contribution in [0.25, 0.3) is 0 Å². The molecule has 1 aliphatic heterocycles.